The van der Waals surface area contributed by atoms with E-state index in [1.165, 1.54) is 0 Å². The maximum absolute atomic E-state index is 14.0. The van der Waals surface area contributed by atoms with E-state index in [-0.39, 0.29) is 23.2 Å². The van der Waals surface area contributed by atoms with E-state index in [9.17, 15) is 18.0 Å². The Balaban J connectivity index is 1.88. The third-order valence-corrected chi connectivity index (χ3v) is 6.44. The molecule has 2 unspecified atom stereocenters. The molecule has 3 aliphatic heterocycles. The van der Waals surface area contributed by atoms with Gasteiger partial charge in [-0.05, 0) is 30.7 Å². The normalized spacial score (nSPS) is 29.8. The molecule has 5 nitrogen and oxygen atoms in total. The summed E-state index contributed by atoms with van der Waals surface area (Å²) in [6, 6.07) is 7.11. The van der Waals surface area contributed by atoms with Gasteiger partial charge in [0.05, 0.1) is 12.0 Å². The molecule has 3 heterocycles. The molecule has 1 aromatic rings. The second kappa shape index (κ2) is 6.18. The SMILES string of the molecule is CC1(C)CC(=O)C2=C(C1)NC1N=NC(C(F)(F)F)=C1C21CCCOc2ccccc21. The van der Waals surface area contributed by atoms with Crippen molar-refractivity contribution < 1.29 is 22.7 Å². The fourth-order valence-corrected chi connectivity index (χ4v) is 5.48. The molecule has 0 saturated heterocycles. The number of hydrogen-bond donors (Lipinski definition) is 1. The maximum Gasteiger partial charge on any atom is 0.435 e. The van der Waals surface area contributed by atoms with Gasteiger partial charge in [0.2, 0.25) is 0 Å². The van der Waals surface area contributed by atoms with Crippen LogP contribution in [0.3, 0.4) is 0 Å². The van der Waals surface area contributed by atoms with Crippen molar-refractivity contribution >= 4 is 5.78 Å². The predicted octanol–water partition coefficient (Wildman–Crippen LogP) is 4.95. The van der Waals surface area contributed by atoms with E-state index < -0.39 is 23.5 Å². The van der Waals surface area contributed by atoms with Crippen LogP contribution in [0.25, 0.3) is 0 Å². The van der Waals surface area contributed by atoms with Crippen molar-refractivity contribution in [3.63, 3.8) is 0 Å². The third kappa shape index (κ3) is 2.65. The molecular weight excluding hydrogens is 395 g/mol. The van der Waals surface area contributed by atoms with Gasteiger partial charge in [0.15, 0.2) is 17.6 Å². The first kappa shape index (κ1) is 19.3. The summed E-state index contributed by atoms with van der Waals surface area (Å²) in [6.45, 7) is 4.37. The van der Waals surface area contributed by atoms with Gasteiger partial charge in [-0.2, -0.15) is 18.3 Å². The number of alkyl halides is 3. The van der Waals surface area contributed by atoms with Crippen LogP contribution in [-0.2, 0) is 10.2 Å². The van der Waals surface area contributed by atoms with Crippen LogP contribution in [-0.4, -0.2) is 24.7 Å². The molecule has 0 saturated carbocycles. The van der Waals surface area contributed by atoms with Gasteiger partial charge in [-0.15, -0.1) is 5.11 Å². The number of Topliss-reactive ketones (excluding diaryl/α,β-unsaturated/α-hetero) is 1. The van der Waals surface area contributed by atoms with Crippen LogP contribution >= 0.6 is 0 Å². The highest BCUT2D eigenvalue weighted by Crippen LogP contribution is 2.58. The van der Waals surface area contributed by atoms with Gasteiger partial charge >= 0.3 is 6.18 Å². The third-order valence-electron chi connectivity index (χ3n) is 6.44. The number of hydrogen-bond acceptors (Lipinski definition) is 5. The van der Waals surface area contributed by atoms with Crippen LogP contribution in [0, 0.1) is 5.41 Å². The predicted molar refractivity (Wildman–Crippen MR) is 103 cm³/mol. The van der Waals surface area contributed by atoms with E-state index in [1.54, 1.807) is 24.3 Å². The van der Waals surface area contributed by atoms with Crippen molar-refractivity contribution in [1.82, 2.24) is 5.32 Å². The fourth-order valence-electron chi connectivity index (χ4n) is 5.48. The topological polar surface area (TPSA) is 63.0 Å². The minimum atomic E-state index is -4.67. The van der Waals surface area contributed by atoms with Gasteiger partial charge in [0.1, 0.15) is 5.75 Å². The summed E-state index contributed by atoms with van der Waals surface area (Å²) in [5.74, 6) is 0.394. The van der Waals surface area contributed by atoms with Crippen molar-refractivity contribution in [3.05, 3.63) is 52.4 Å². The Morgan fingerprint density at radius 2 is 1.97 bits per heavy atom. The number of azo groups is 1. The molecular formula is C22H22F3N3O2. The minimum Gasteiger partial charge on any atom is -0.493 e. The molecule has 4 aliphatic rings. The Morgan fingerprint density at radius 3 is 2.73 bits per heavy atom. The number of para-hydroxylation sites is 1. The Hall–Kier alpha value is -2.64. The first-order valence-corrected chi connectivity index (χ1v) is 10.1. The summed E-state index contributed by atoms with van der Waals surface area (Å²) in [6.07, 6.45) is -3.89. The average molecular weight is 417 g/mol. The van der Waals surface area contributed by atoms with E-state index in [2.05, 4.69) is 15.5 Å². The molecule has 5 rings (SSSR count). The van der Waals surface area contributed by atoms with Gasteiger partial charge in [0.25, 0.3) is 0 Å². The number of fused-ring (bicyclic) bond motifs is 5. The summed E-state index contributed by atoms with van der Waals surface area (Å²) in [5, 5.41) is 10.6. The summed E-state index contributed by atoms with van der Waals surface area (Å²) < 4.78 is 47.9. The van der Waals surface area contributed by atoms with Gasteiger partial charge < -0.3 is 10.1 Å². The van der Waals surface area contributed by atoms with Crippen molar-refractivity contribution in [2.75, 3.05) is 6.61 Å². The molecule has 1 aliphatic carbocycles. The van der Waals surface area contributed by atoms with Crippen molar-refractivity contribution in [2.24, 2.45) is 15.6 Å². The Morgan fingerprint density at radius 1 is 1.20 bits per heavy atom. The van der Waals surface area contributed by atoms with Crippen LogP contribution in [0.4, 0.5) is 13.2 Å². The number of rotatable bonds is 0. The lowest BCUT2D eigenvalue weighted by Crippen LogP contribution is -2.52. The summed E-state index contributed by atoms with van der Waals surface area (Å²) in [5.41, 5.74) is -0.794. The molecule has 8 heteroatoms. The number of halogens is 3. The van der Waals surface area contributed by atoms with Crippen molar-refractivity contribution in [2.45, 2.75) is 57.3 Å². The van der Waals surface area contributed by atoms with Gasteiger partial charge in [-0.3, -0.25) is 4.79 Å². The summed E-state index contributed by atoms with van der Waals surface area (Å²) >= 11 is 0. The Bertz CT molecular complexity index is 1040. The summed E-state index contributed by atoms with van der Waals surface area (Å²) in [7, 11) is 0. The molecule has 1 aromatic carbocycles. The lowest BCUT2D eigenvalue weighted by molar-refractivity contribution is -0.119. The Kier molecular flexibility index (Phi) is 3.98. The van der Waals surface area contributed by atoms with Crippen LogP contribution in [0.1, 0.15) is 45.1 Å². The molecule has 0 bridgehead atoms. The fraction of sp³-hybridized carbons (Fsp3) is 0.500. The van der Waals surface area contributed by atoms with Crippen molar-refractivity contribution in [1.29, 1.82) is 0 Å². The standard InChI is InChI=1S/C22H22F3N3O2/c1-20(2)10-13-16(14(29)11-20)21(8-5-9-30-15-7-4-3-6-12(15)21)17-18(22(23,24)25)27-28-19(17)26-13/h3-4,6-7,19,26H,5,8-11H2,1-2H3. The minimum absolute atomic E-state index is 0.0276. The molecule has 1 N–H and O–H groups in total. The second-order valence-electron chi connectivity index (χ2n) is 9.17. The first-order valence-electron chi connectivity index (χ1n) is 10.1. The lowest BCUT2D eigenvalue weighted by Gasteiger charge is -2.48. The quantitative estimate of drug-likeness (QED) is 0.650. The molecule has 0 amide bonds. The van der Waals surface area contributed by atoms with Crippen LogP contribution in [0.15, 0.2) is 57.0 Å². The number of carbonyl (C=O) groups excluding carboxylic acids is 1. The number of allylic oxidation sites excluding steroid dienone is 3. The second-order valence-corrected chi connectivity index (χ2v) is 9.17. The van der Waals surface area contributed by atoms with Gasteiger partial charge in [-0.1, -0.05) is 32.0 Å². The van der Waals surface area contributed by atoms with Crippen LogP contribution in [0.5, 0.6) is 5.75 Å². The molecule has 30 heavy (non-hydrogen) atoms. The van der Waals surface area contributed by atoms with Gasteiger partial charge in [0, 0.05) is 28.8 Å². The highest BCUT2D eigenvalue weighted by atomic mass is 19.4. The van der Waals surface area contributed by atoms with E-state index in [1.807, 2.05) is 13.8 Å². The van der Waals surface area contributed by atoms with Crippen LogP contribution in [0.2, 0.25) is 0 Å². The zero-order chi connectivity index (χ0) is 21.3. The molecule has 2 atom stereocenters. The molecule has 0 aromatic heterocycles. The maximum atomic E-state index is 14.0. The molecule has 158 valence electrons. The number of nitrogens with zero attached hydrogens (tertiary/aromatic N) is 2. The number of carbonyl (C=O) groups is 1. The average Bonchev–Trinajstić information content (AvgIpc) is 3.00. The monoisotopic (exact) mass is 417 g/mol. The first-order chi connectivity index (χ1) is 14.1. The molecule has 0 fully saturated rings. The van der Waals surface area contributed by atoms with Crippen molar-refractivity contribution in [3.8, 4) is 5.75 Å². The number of ether oxygens (including phenoxy) is 1. The number of ketones is 1. The molecule has 1 spiro atoms. The number of benzene rings is 1. The number of nitrogens with one attached hydrogen (secondary N) is 1. The lowest BCUT2D eigenvalue weighted by atomic mass is 9.57. The summed E-state index contributed by atoms with van der Waals surface area (Å²) in [4.78, 5) is 13.5. The highest BCUT2D eigenvalue weighted by Gasteiger charge is 2.59. The van der Waals surface area contributed by atoms with E-state index >= 15 is 0 Å². The van der Waals surface area contributed by atoms with E-state index in [0.717, 1.165) is 0 Å². The zero-order valence-corrected chi connectivity index (χ0v) is 16.8. The smallest absolute Gasteiger partial charge is 0.435 e. The largest absolute Gasteiger partial charge is 0.493 e. The Labute approximate surface area is 172 Å². The van der Waals surface area contributed by atoms with Crippen LogP contribution < -0.4 is 10.1 Å². The highest BCUT2D eigenvalue weighted by molar-refractivity contribution is 6.01. The van der Waals surface area contributed by atoms with E-state index in [0.29, 0.717) is 48.5 Å². The zero-order valence-electron chi connectivity index (χ0n) is 16.8. The molecule has 0 radical (unpaired) electrons. The van der Waals surface area contributed by atoms with Gasteiger partial charge in [-0.25, -0.2) is 0 Å². The van der Waals surface area contributed by atoms with E-state index in [4.69, 9.17) is 4.74 Å².